The number of carbonyl (C=O) groups excluding carboxylic acids is 1. The van der Waals surface area contributed by atoms with E-state index in [4.69, 9.17) is 4.42 Å². The molecule has 0 radical (unpaired) electrons. The molecule has 0 fully saturated rings. The van der Waals surface area contributed by atoms with Crippen LogP contribution in [0.4, 0.5) is 5.82 Å². The van der Waals surface area contributed by atoms with E-state index in [9.17, 15) is 4.79 Å². The van der Waals surface area contributed by atoms with Gasteiger partial charge in [0, 0.05) is 12.3 Å². The van der Waals surface area contributed by atoms with Gasteiger partial charge in [0.25, 0.3) is 5.91 Å². The van der Waals surface area contributed by atoms with Crippen molar-refractivity contribution in [3.05, 3.63) is 59.8 Å². The molecule has 0 saturated heterocycles. The first-order valence-electron chi connectivity index (χ1n) is 7.04. The molecule has 0 spiro atoms. The molecule has 0 bridgehead atoms. The van der Waals surface area contributed by atoms with Crippen molar-refractivity contribution in [1.82, 2.24) is 14.8 Å². The lowest BCUT2D eigenvalue weighted by Gasteiger charge is -2.06. The fourth-order valence-corrected chi connectivity index (χ4v) is 2.58. The van der Waals surface area contributed by atoms with Crippen LogP contribution in [0.1, 0.15) is 22.0 Å². The first-order valence-corrected chi connectivity index (χ1v) is 8.44. The van der Waals surface area contributed by atoms with E-state index < -0.39 is 0 Å². The largest absolute Gasteiger partial charge is 0.455 e. The summed E-state index contributed by atoms with van der Waals surface area (Å²) in [4.78, 5) is 16.6. The highest BCUT2D eigenvalue weighted by molar-refractivity contribution is 7.97. The Morgan fingerprint density at radius 1 is 1.35 bits per heavy atom. The number of aryl methyl sites for hydroxylation is 1. The molecule has 6 nitrogen and oxygen atoms in total. The van der Waals surface area contributed by atoms with Gasteiger partial charge in [0.1, 0.15) is 11.6 Å². The van der Waals surface area contributed by atoms with E-state index in [2.05, 4.69) is 15.4 Å². The molecule has 0 aromatic carbocycles. The van der Waals surface area contributed by atoms with Crippen LogP contribution in [0.15, 0.2) is 47.0 Å². The lowest BCUT2D eigenvalue weighted by molar-refractivity contribution is 0.0994. The Morgan fingerprint density at radius 3 is 2.96 bits per heavy atom. The van der Waals surface area contributed by atoms with Crippen LogP contribution in [0.2, 0.25) is 0 Å². The highest BCUT2D eigenvalue weighted by Gasteiger charge is 2.15. The van der Waals surface area contributed by atoms with Gasteiger partial charge in [-0.3, -0.25) is 4.79 Å². The first kappa shape index (κ1) is 15.4. The number of hydrogen-bond acceptors (Lipinski definition) is 5. The van der Waals surface area contributed by atoms with Crippen LogP contribution in [0.3, 0.4) is 0 Å². The highest BCUT2D eigenvalue weighted by Crippen LogP contribution is 2.18. The van der Waals surface area contributed by atoms with Crippen molar-refractivity contribution in [3.63, 3.8) is 0 Å². The molecule has 0 aliphatic rings. The van der Waals surface area contributed by atoms with E-state index in [0.29, 0.717) is 11.6 Å². The molecular weight excluding hydrogens is 312 g/mol. The summed E-state index contributed by atoms with van der Waals surface area (Å²) in [5.41, 5.74) is 0.786. The maximum Gasteiger partial charge on any atom is 0.292 e. The Bertz CT molecular complexity index is 811. The van der Waals surface area contributed by atoms with E-state index in [1.54, 1.807) is 34.8 Å². The van der Waals surface area contributed by atoms with Crippen LogP contribution in [-0.2, 0) is 5.75 Å². The highest BCUT2D eigenvalue weighted by atomic mass is 32.2. The molecule has 0 aliphatic carbocycles. The average molecular weight is 328 g/mol. The fourth-order valence-electron chi connectivity index (χ4n) is 2.14. The minimum atomic E-state index is -0.311. The van der Waals surface area contributed by atoms with Gasteiger partial charge in [0.05, 0.1) is 11.4 Å². The molecule has 0 saturated carbocycles. The zero-order valence-electron chi connectivity index (χ0n) is 12.8. The summed E-state index contributed by atoms with van der Waals surface area (Å²) in [6.45, 7) is 1.86. The molecule has 3 aromatic rings. The quantitative estimate of drug-likeness (QED) is 0.778. The minimum absolute atomic E-state index is 0.278. The molecule has 3 aromatic heterocycles. The number of nitrogens with zero attached hydrogens (tertiary/aromatic N) is 3. The van der Waals surface area contributed by atoms with Gasteiger partial charge in [0.2, 0.25) is 0 Å². The smallest absolute Gasteiger partial charge is 0.292 e. The summed E-state index contributed by atoms with van der Waals surface area (Å²) < 4.78 is 7.13. The lowest BCUT2D eigenvalue weighted by atomic mass is 10.4. The Labute approximate surface area is 137 Å². The summed E-state index contributed by atoms with van der Waals surface area (Å²) in [5.74, 6) is 2.66. The van der Waals surface area contributed by atoms with Gasteiger partial charge in [-0.25, -0.2) is 4.98 Å². The molecule has 1 N–H and O–H groups in total. The third kappa shape index (κ3) is 3.45. The molecule has 0 unspecified atom stereocenters. The van der Waals surface area contributed by atoms with Gasteiger partial charge in [-0.2, -0.15) is 21.5 Å². The first-order chi connectivity index (χ1) is 11.2. The minimum Gasteiger partial charge on any atom is -0.455 e. The van der Waals surface area contributed by atoms with Crippen LogP contribution >= 0.6 is 11.8 Å². The summed E-state index contributed by atoms with van der Waals surface area (Å²) in [6, 6.07) is 10.8. The summed E-state index contributed by atoms with van der Waals surface area (Å²) in [5, 5.41) is 7.19. The lowest BCUT2D eigenvalue weighted by Crippen LogP contribution is -2.14. The second-order valence-electron chi connectivity index (χ2n) is 4.92. The van der Waals surface area contributed by atoms with Crippen LogP contribution < -0.4 is 5.32 Å². The van der Waals surface area contributed by atoms with E-state index in [1.165, 1.54) is 0 Å². The van der Waals surface area contributed by atoms with Gasteiger partial charge in [0.15, 0.2) is 11.6 Å². The van der Waals surface area contributed by atoms with Crippen molar-refractivity contribution in [2.45, 2.75) is 12.7 Å². The van der Waals surface area contributed by atoms with E-state index >= 15 is 0 Å². The Morgan fingerprint density at radius 2 is 2.22 bits per heavy atom. The molecule has 3 heterocycles. The molecule has 118 valence electrons. The predicted molar refractivity (Wildman–Crippen MR) is 90.0 cm³/mol. The molecule has 0 aliphatic heterocycles. The van der Waals surface area contributed by atoms with Crippen LogP contribution in [0.25, 0.3) is 5.82 Å². The van der Waals surface area contributed by atoms with E-state index in [-0.39, 0.29) is 11.7 Å². The number of rotatable bonds is 5. The van der Waals surface area contributed by atoms with Crippen LogP contribution in [-0.4, -0.2) is 26.9 Å². The maximum absolute atomic E-state index is 12.4. The van der Waals surface area contributed by atoms with Crippen LogP contribution in [0.5, 0.6) is 0 Å². The van der Waals surface area contributed by atoms with Crippen molar-refractivity contribution in [2.75, 3.05) is 11.6 Å². The van der Waals surface area contributed by atoms with Crippen molar-refractivity contribution in [2.24, 2.45) is 0 Å². The number of carbonyl (C=O) groups is 1. The fraction of sp³-hybridized carbons (Fsp3) is 0.188. The van der Waals surface area contributed by atoms with E-state index in [1.807, 2.05) is 37.4 Å². The second kappa shape index (κ2) is 6.70. The van der Waals surface area contributed by atoms with Crippen molar-refractivity contribution >= 4 is 23.5 Å². The maximum atomic E-state index is 12.4. The number of hydrogen-bond donors (Lipinski definition) is 1. The molecule has 7 heteroatoms. The average Bonchev–Trinajstić information content (AvgIpc) is 3.15. The molecular formula is C16H16N4O2S. The zero-order chi connectivity index (χ0) is 16.2. The number of thioether (sulfide) groups is 1. The Kier molecular flexibility index (Phi) is 4.47. The number of aromatic nitrogens is 3. The second-order valence-corrected chi connectivity index (χ2v) is 5.79. The van der Waals surface area contributed by atoms with Crippen molar-refractivity contribution in [3.8, 4) is 5.82 Å². The topological polar surface area (TPSA) is 73.0 Å². The van der Waals surface area contributed by atoms with E-state index in [0.717, 1.165) is 17.2 Å². The number of pyridine rings is 1. The third-order valence-electron chi connectivity index (χ3n) is 3.11. The Hall–Kier alpha value is -2.54. The number of anilines is 1. The molecule has 23 heavy (non-hydrogen) atoms. The third-order valence-corrected chi connectivity index (χ3v) is 3.68. The SMILES string of the molecule is CSCc1ccc(C(=O)Nc2cc(C)nn2-c2ccccn2)o1. The predicted octanol–water partition coefficient (Wildman–Crippen LogP) is 3.28. The zero-order valence-corrected chi connectivity index (χ0v) is 13.6. The normalized spacial score (nSPS) is 10.7. The van der Waals surface area contributed by atoms with Gasteiger partial charge in [-0.1, -0.05) is 6.07 Å². The van der Waals surface area contributed by atoms with Gasteiger partial charge < -0.3 is 9.73 Å². The summed E-state index contributed by atoms with van der Waals surface area (Å²) in [7, 11) is 0. The standard InChI is InChI=1S/C16H16N4O2S/c1-11-9-15(20(19-11)14-5-3-4-8-17-14)18-16(21)13-7-6-12(22-13)10-23-2/h3-9H,10H2,1-2H3,(H,18,21). The monoisotopic (exact) mass is 328 g/mol. The summed E-state index contributed by atoms with van der Waals surface area (Å²) in [6.07, 6.45) is 3.66. The molecule has 1 amide bonds. The number of nitrogens with one attached hydrogen (secondary N) is 1. The summed E-state index contributed by atoms with van der Waals surface area (Å²) >= 11 is 1.64. The number of furan rings is 1. The van der Waals surface area contributed by atoms with Crippen molar-refractivity contribution in [1.29, 1.82) is 0 Å². The van der Waals surface area contributed by atoms with Crippen LogP contribution in [0, 0.1) is 6.92 Å². The van der Waals surface area contributed by atoms with Gasteiger partial charge in [-0.05, 0) is 37.4 Å². The Balaban J connectivity index is 1.83. The van der Waals surface area contributed by atoms with Gasteiger partial charge >= 0.3 is 0 Å². The van der Waals surface area contributed by atoms with Crippen molar-refractivity contribution < 1.29 is 9.21 Å². The molecule has 0 atom stereocenters. The number of amides is 1. The molecule has 3 rings (SSSR count). The van der Waals surface area contributed by atoms with Gasteiger partial charge in [-0.15, -0.1) is 0 Å².